The maximum Gasteiger partial charge on any atom is 0.417 e. The number of hydrogen-bond acceptors (Lipinski definition) is 4. The van der Waals surface area contributed by atoms with Crippen LogP contribution in [0, 0.1) is 5.82 Å². The number of halogens is 6. The summed E-state index contributed by atoms with van der Waals surface area (Å²) in [6.07, 6.45) is -1.54. The van der Waals surface area contributed by atoms with E-state index >= 15 is 4.39 Å². The highest BCUT2D eigenvalue weighted by molar-refractivity contribution is 7.89. The number of nitrogens with one attached hydrogen (secondary N) is 1. The molecule has 4 aromatic rings. The standard InChI is InChI=1S/C22H13Cl2F4N3O3S/c1-35(33,34)30-21(32)15-6-11(23)8-18(19(15)25)31-10-16(14-7-12(24)9-29-20(14)31)13-4-2-3-5-17(13)22(26,27)28/h2-10H,1H3,(H,30,32). The van der Waals surface area contributed by atoms with Crippen LogP contribution in [0.5, 0.6) is 0 Å². The van der Waals surface area contributed by atoms with Crippen LogP contribution in [0.15, 0.2) is 54.9 Å². The SMILES string of the molecule is CS(=O)(=O)NC(=O)c1cc(Cl)cc(-n2cc(-c3ccccc3C(F)(F)F)c3cc(Cl)cnc32)c1F. The number of aromatic nitrogens is 2. The highest BCUT2D eigenvalue weighted by atomic mass is 35.5. The average molecular weight is 546 g/mol. The number of carbonyl (C=O) groups is 1. The first-order chi connectivity index (χ1) is 16.3. The highest BCUT2D eigenvalue weighted by Crippen LogP contribution is 2.41. The molecule has 0 spiro atoms. The maximum atomic E-state index is 15.5. The third kappa shape index (κ3) is 4.97. The molecule has 0 radical (unpaired) electrons. The number of alkyl halides is 3. The van der Waals surface area contributed by atoms with Crippen molar-refractivity contribution in [2.75, 3.05) is 6.26 Å². The number of nitrogens with zero attached hydrogens (tertiary/aromatic N) is 2. The normalized spacial score (nSPS) is 12.2. The van der Waals surface area contributed by atoms with Gasteiger partial charge in [-0.25, -0.2) is 22.5 Å². The number of fused-ring (bicyclic) bond motifs is 1. The second-order valence-corrected chi connectivity index (χ2v) is 10.1. The lowest BCUT2D eigenvalue weighted by atomic mass is 9.99. The topological polar surface area (TPSA) is 81.1 Å². The summed E-state index contributed by atoms with van der Waals surface area (Å²) < 4.78 is 82.3. The Labute approximate surface area is 206 Å². The average Bonchev–Trinajstić information content (AvgIpc) is 3.11. The summed E-state index contributed by atoms with van der Waals surface area (Å²) in [6.45, 7) is 0. The molecule has 1 amide bonds. The van der Waals surface area contributed by atoms with Crippen LogP contribution in [-0.2, 0) is 16.2 Å². The molecule has 6 nitrogen and oxygen atoms in total. The van der Waals surface area contributed by atoms with E-state index in [2.05, 4.69) is 4.98 Å². The predicted molar refractivity (Wildman–Crippen MR) is 124 cm³/mol. The molecule has 4 rings (SSSR count). The minimum absolute atomic E-state index is 0.0250. The lowest BCUT2D eigenvalue weighted by Crippen LogP contribution is -2.30. The molecule has 2 aromatic carbocycles. The lowest BCUT2D eigenvalue weighted by molar-refractivity contribution is -0.137. The molecule has 0 saturated heterocycles. The van der Waals surface area contributed by atoms with Gasteiger partial charge in [-0.1, -0.05) is 41.4 Å². The molecule has 182 valence electrons. The van der Waals surface area contributed by atoms with Crippen LogP contribution in [0.25, 0.3) is 27.8 Å². The van der Waals surface area contributed by atoms with Crippen molar-refractivity contribution in [3.05, 3.63) is 81.8 Å². The second kappa shape index (κ2) is 8.81. The van der Waals surface area contributed by atoms with Gasteiger partial charge in [-0.05, 0) is 29.8 Å². The summed E-state index contributed by atoms with van der Waals surface area (Å²) in [6, 6.07) is 8.24. The number of hydrogen-bond donors (Lipinski definition) is 1. The summed E-state index contributed by atoms with van der Waals surface area (Å²) in [7, 11) is -4.02. The van der Waals surface area contributed by atoms with Gasteiger partial charge in [0.1, 0.15) is 5.65 Å². The number of sulfonamides is 1. The molecular weight excluding hydrogens is 533 g/mol. The Bertz CT molecular complexity index is 1600. The minimum Gasteiger partial charge on any atom is -0.298 e. The molecule has 0 fully saturated rings. The Kier molecular flexibility index (Phi) is 6.28. The number of amides is 1. The zero-order valence-electron chi connectivity index (χ0n) is 17.5. The summed E-state index contributed by atoms with van der Waals surface area (Å²) in [4.78, 5) is 16.5. The number of rotatable bonds is 4. The third-order valence-corrected chi connectivity index (χ3v) is 5.91. The number of pyridine rings is 1. The Balaban J connectivity index is 2.02. The molecular formula is C22H13Cl2F4N3O3S. The van der Waals surface area contributed by atoms with E-state index in [0.717, 1.165) is 22.8 Å². The number of carbonyl (C=O) groups excluding carboxylic acids is 1. The fraction of sp³-hybridized carbons (Fsp3) is 0.0909. The Morgan fingerprint density at radius 1 is 1.06 bits per heavy atom. The van der Waals surface area contributed by atoms with E-state index < -0.39 is 39.1 Å². The van der Waals surface area contributed by atoms with Crippen molar-refractivity contribution in [2.45, 2.75) is 6.18 Å². The van der Waals surface area contributed by atoms with E-state index in [1.165, 1.54) is 36.7 Å². The van der Waals surface area contributed by atoms with Crippen LogP contribution in [-0.4, -0.2) is 30.1 Å². The van der Waals surface area contributed by atoms with Crippen LogP contribution in [0.1, 0.15) is 15.9 Å². The Morgan fingerprint density at radius 3 is 2.40 bits per heavy atom. The summed E-state index contributed by atoms with van der Waals surface area (Å²) in [5.74, 6) is -2.44. The molecule has 35 heavy (non-hydrogen) atoms. The van der Waals surface area contributed by atoms with Gasteiger partial charge in [-0.3, -0.25) is 9.36 Å². The third-order valence-electron chi connectivity index (χ3n) is 4.93. The number of benzene rings is 2. The van der Waals surface area contributed by atoms with E-state index in [1.807, 2.05) is 0 Å². The van der Waals surface area contributed by atoms with Crippen molar-refractivity contribution >= 4 is 50.2 Å². The molecule has 0 saturated carbocycles. The quantitative estimate of drug-likeness (QED) is 0.326. The van der Waals surface area contributed by atoms with Gasteiger partial charge in [0, 0.05) is 28.4 Å². The largest absolute Gasteiger partial charge is 0.417 e. The van der Waals surface area contributed by atoms with Gasteiger partial charge in [-0.2, -0.15) is 13.2 Å². The van der Waals surface area contributed by atoms with Gasteiger partial charge in [0.05, 0.1) is 28.1 Å². The smallest absolute Gasteiger partial charge is 0.298 e. The Morgan fingerprint density at radius 2 is 1.74 bits per heavy atom. The zero-order valence-corrected chi connectivity index (χ0v) is 19.8. The van der Waals surface area contributed by atoms with Crippen LogP contribution < -0.4 is 4.72 Å². The molecule has 2 heterocycles. The maximum absolute atomic E-state index is 15.5. The van der Waals surface area contributed by atoms with Gasteiger partial charge in [0.2, 0.25) is 10.0 Å². The van der Waals surface area contributed by atoms with Crippen molar-refractivity contribution in [2.24, 2.45) is 0 Å². The molecule has 0 aliphatic carbocycles. The first-order valence-corrected chi connectivity index (χ1v) is 12.3. The van der Waals surface area contributed by atoms with Gasteiger partial charge >= 0.3 is 6.18 Å². The van der Waals surface area contributed by atoms with Crippen molar-refractivity contribution < 1.29 is 30.8 Å². The zero-order chi connectivity index (χ0) is 25.7. The van der Waals surface area contributed by atoms with Gasteiger partial charge in [-0.15, -0.1) is 0 Å². The monoisotopic (exact) mass is 545 g/mol. The molecule has 0 aliphatic rings. The van der Waals surface area contributed by atoms with E-state index in [1.54, 1.807) is 4.72 Å². The van der Waals surface area contributed by atoms with Gasteiger partial charge in [0.25, 0.3) is 5.91 Å². The molecule has 1 N–H and O–H groups in total. The van der Waals surface area contributed by atoms with Crippen molar-refractivity contribution in [3.8, 4) is 16.8 Å². The van der Waals surface area contributed by atoms with E-state index in [-0.39, 0.29) is 37.9 Å². The first-order valence-electron chi connectivity index (χ1n) is 9.61. The van der Waals surface area contributed by atoms with Crippen molar-refractivity contribution in [3.63, 3.8) is 0 Å². The van der Waals surface area contributed by atoms with Crippen molar-refractivity contribution in [1.82, 2.24) is 14.3 Å². The van der Waals surface area contributed by atoms with E-state index in [4.69, 9.17) is 23.2 Å². The minimum atomic E-state index is -4.69. The fourth-order valence-electron chi connectivity index (χ4n) is 3.58. The first kappa shape index (κ1) is 25.0. The van der Waals surface area contributed by atoms with E-state index in [0.29, 0.717) is 6.26 Å². The molecule has 0 aliphatic heterocycles. The highest BCUT2D eigenvalue weighted by Gasteiger charge is 2.34. The molecule has 0 bridgehead atoms. The molecule has 2 aromatic heterocycles. The van der Waals surface area contributed by atoms with E-state index in [9.17, 15) is 26.4 Å². The van der Waals surface area contributed by atoms with Crippen LogP contribution in [0.2, 0.25) is 10.0 Å². The summed E-state index contributed by atoms with van der Waals surface area (Å²) >= 11 is 12.1. The van der Waals surface area contributed by atoms with Crippen LogP contribution >= 0.6 is 23.2 Å². The van der Waals surface area contributed by atoms with Gasteiger partial charge in [0.15, 0.2) is 5.82 Å². The molecule has 13 heteroatoms. The van der Waals surface area contributed by atoms with Crippen molar-refractivity contribution in [1.29, 1.82) is 0 Å². The van der Waals surface area contributed by atoms with Crippen LogP contribution in [0.3, 0.4) is 0 Å². The summed E-state index contributed by atoms with van der Waals surface area (Å²) in [5, 5.41) is 0.171. The fourth-order valence-corrected chi connectivity index (χ4v) is 4.40. The lowest BCUT2D eigenvalue weighted by Gasteiger charge is -2.12. The second-order valence-electron chi connectivity index (χ2n) is 7.47. The van der Waals surface area contributed by atoms with Gasteiger partial charge < -0.3 is 0 Å². The molecule has 0 atom stereocenters. The predicted octanol–water partition coefficient (Wildman–Crippen LogP) is 5.85. The summed E-state index contributed by atoms with van der Waals surface area (Å²) in [5.41, 5.74) is -2.09. The molecule has 0 unspecified atom stereocenters. The van der Waals surface area contributed by atoms with Crippen LogP contribution in [0.4, 0.5) is 17.6 Å². The Hall–Kier alpha value is -3.15.